The maximum atomic E-state index is 12.2. The topological polar surface area (TPSA) is 66.5 Å². The molecular weight excluding hydrogens is 268 g/mol. The van der Waals surface area contributed by atoms with Gasteiger partial charge in [-0.15, -0.1) is 0 Å². The van der Waals surface area contributed by atoms with Crippen molar-refractivity contribution >= 4 is 17.4 Å². The van der Waals surface area contributed by atoms with Crippen LogP contribution in [0.5, 0.6) is 0 Å². The van der Waals surface area contributed by atoms with Gasteiger partial charge in [-0.2, -0.15) is 0 Å². The van der Waals surface area contributed by atoms with Gasteiger partial charge in [-0.25, -0.2) is 4.98 Å². The lowest BCUT2D eigenvalue weighted by atomic mass is 10.0. The molecule has 0 bridgehead atoms. The van der Waals surface area contributed by atoms with Gasteiger partial charge in [0.25, 0.3) is 0 Å². The molecule has 2 unspecified atom stereocenters. The average Bonchev–Trinajstić information content (AvgIpc) is 2.99. The van der Waals surface area contributed by atoms with Crippen LogP contribution in [-0.2, 0) is 9.53 Å². The molecule has 6 nitrogen and oxygen atoms in total. The van der Waals surface area contributed by atoms with Crippen molar-refractivity contribution in [2.45, 2.75) is 19.9 Å². The lowest BCUT2D eigenvalue weighted by Crippen LogP contribution is -2.39. The molecule has 0 aromatic carbocycles. The molecule has 1 amide bonds. The van der Waals surface area contributed by atoms with Gasteiger partial charge < -0.3 is 20.3 Å². The van der Waals surface area contributed by atoms with Gasteiger partial charge in [0.15, 0.2) is 0 Å². The minimum Gasteiger partial charge on any atom is -0.379 e. The van der Waals surface area contributed by atoms with Crippen LogP contribution < -0.4 is 15.5 Å². The van der Waals surface area contributed by atoms with E-state index < -0.39 is 0 Å². The van der Waals surface area contributed by atoms with E-state index in [0.717, 1.165) is 24.6 Å². The van der Waals surface area contributed by atoms with E-state index in [1.807, 2.05) is 19.2 Å². The Morgan fingerprint density at radius 3 is 2.71 bits per heavy atom. The number of pyridine rings is 1. The zero-order valence-corrected chi connectivity index (χ0v) is 12.9. The first kappa shape index (κ1) is 15.7. The van der Waals surface area contributed by atoms with E-state index in [2.05, 4.69) is 34.4 Å². The first-order valence-electron chi connectivity index (χ1n) is 7.46. The summed E-state index contributed by atoms with van der Waals surface area (Å²) in [6, 6.07) is 3.90. The van der Waals surface area contributed by atoms with E-state index in [1.54, 1.807) is 6.20 Å². The van der Waals surface area contributed by atoms with Crippen LogP contribution in [0.1, 0.15) is 13.8 Å². The summed E-state index contributed by atoms with van der Waals surface area (Å²) in [6.45, 7) is 7.06. The number of hydrogen-bond acceptors (Lipinski definition) is 5. The normalized spacial score (nSPS) is 21.3. The number of carbonyl (C=O) groups is 1. The Kier molecular flexibility index (Phi) is 5.52. The number of nitrogens with one attached hydrogen (secondary N) is 2. The Hall–Kier alpha value is -1.66. The molecule has 1 aliphatic heterocycles. The number of carbonyl (C=O) groups excluding carboxylic acids is 1. The highest BCUT2D eigenvalue weighted by atomic mass is 16.5. The highest BCUT2D eigenvalue weighted by Crippen LogP contribution is 2.18. The quantitative estimate of drug-likeness (QED) is 0.822. The van der Waals surface area contributed by atoms with Crippen LogP contribution in [0.2, 0.25) is 0 Å². The Morgan fingerprint density at radius 1 is 1.38 bits per heavy atom. The monoisotopic (exact) mass is 292 g/mol. The number of aromatic nitrogens is 1. The molecule has 2 heterocycles. The van der Waals surface area contributed by atoms with Gasteiger partial charge in [-0.3, -0.25) is 4.79 Å². The summed E-state index contributed by atoms with van der Waals surface area (Å²) < 4.78 is 5.35. The summed E-state index contributed by atoms with van der Waals surface area (Å²) in [4.78, 5) is 18.8. The first-order chi connectivity index (χ1) is 10.2. The largest absolute Gasteiger partial charge is 0.379 e. The lowest BCUT2D eigenvalue weighted by molar-refractivity contribution is -0.120. The average molecular weight is 292 g/mol. The van der Waals surface area contributed by atoms with Crippen molar-refractivity contribution in [3.8, 4) is 0 Å². The van der Waals surface area contributed by atoms with Crippen LogP contribution in [0.3, 0.4) is 0 Å². The third kappa shape index (κ3) is 3.71. The molecule has 1 aromatic heterocycles. The Balaban J connectivity index is 1.98. The fraction of sp³-hybridized carbons (Fsp3) is 0.600. The number of hydrogen-bond donors (Lipinski definition) is 2. The van der Waals surface area contributed by atoms with Crippen LogP contribution in [0.25, 0.3) is 0 Å². The van der Waals surface area contributed by atoms with Gasteiger partial charge in [0, 0.05) is 19.1 Å². The van der Waals surface area contributed by atoms with E-state index in [9.17, 15) is 4.79 Å². The molecule has 2 rings (SSSR count). The highest BCUT2D eigenvalue weighted by Gasteiger charge is 2.32. The fourth-order valence-electron chi connectivity index (χ4n) is 2.53. The summed E-state index contributed by atoms with van der Waals surface area (Å²) >= 11 is 0. The molecule has 2 atom stereocenters. The number of amides is 1. The van der Waals surface area contributed by atoms with Gasteiger partial charge >= 0.3 is 0 Å². The number of rotatable bonds is 6. The van der Waals surface area contributed by atoms with Crippen molar-refractivity contribution in [3.05, 3.63) is 18.3 Å². The summed E-state index contributed by atoms with van der Waals surface area (Å²) in [5, 5.41) is 6.02. The molecule has 6 heteroatoms. The Bertz CT molecular complexity index is 459. The van der Waals surface area contributed by atoms with E-state index in [1.165, 1.54) is 0 Å². The SMILES string of the molecule is CCN(CC)c1ccc(NC(=O)C2COCC2NC)cn1. The zero-order valence-electron chi connectivity index (χ0n) is 12.9. The molecule has 0 saturated carbocycles. The van der Waals surface area contributed by atoms with Crippen LogP contribution in [-0.4, -0.2) is 50.3 Å². The minimum absolute atomic E-state index is 0.0239. The molecular formula is C15H24N4O2. The summed E-state index contributed by atoms with van der Waals surface area (Å²) in [5.41, 5.74) is 0.720. The van der Waals surface area contributed by atoms with Crippen molar-refractivity contribution in [3.63, 3.8) is 0 Å². The van der Waals surface area contributed by atoms with Crippen LogP contribution in [0.15, 0.2) is 18.3 Å². The highest BCUT2D eigenvalue weighted by molar-refractivity contribution is 5.93. The molecule has 1 aromatic rings. The van der Waals surface area contributed by atoms with Gasteiger partial charge in [-0.05, 0) is 33.0 Å². The zero-order chi connectivity index (χ0) is 15.2. The fourth-order valence-corrected chi connectivity index (χ4v) is 2.53. The smallest absolute Gasteiger partial charge is 0.231 e. The lowest BCUT2D eigenvalue weighted by Gasteiger charge is -2.20. The van der Waals surface area contributed by atoms with E-state index >= 15 is 0 Å². The van der Waals surface area contributed by atoms with Gasteiger partial charge in [0.05, 0.1) is 31.0 Å². The van der Waals surface area contributed by atoms with E-state index in [4.69, 9.17) is 4.74 Å². The van der Waals surface area contributed by atoms with Crippen LogP contribution >= 0.6 is 0 Å². The molecule has 116 valence electrons. The molecule has 0 spiro atoms. The first-order valence-corrected chi connectivity index (χ1v) is 7.46. The van der Waals surface area contributed by atoms with Crippen molar-refractivity contribution in [2.75, 3.05) is 43.6 Å². The second-order valence-corrected chi connectivity index (χ2v) is 5.11. The van der Waals surface area contributed by atoms with Crippen molar-refractivity contribution in [1.82, 2.24) is 10.3 Å². The maximum absolute atomic E-state index is 12.2. The number of likely N-dealkylation sites (N-methyl/N-ethyl adjacent to an activating group) is 1. The molecule has 1 fully saturated rings. The Labute approximate surface area is 125 Å². The predicted octanol–water partition coefficient (Wildman–Crippen LogP) is 1.10. The predicted molar refractivity (Wildman–Crippen MR) is 83.6 cm³/mol. The summed E-state index contributed by atoms with van der Waals surface area (Å²) in [7, 11) is 1.85. The van der Waals surface area contributed by atoms with Gasteiger partial charge in [0.2, 0.25) is 5.91 Å². The summed E-state index contributed by atoms with van der Waals surface area (Å²) in [6.07, 6.45) is 1.70. The molecule has 0 radical (unpaired) electrons. The molecule has 1 saturated heterocycles. The maximum Gasteiger partial charge on any atom is 0.231 e. The number of ether oxygens (including phenoxy) is 1. The molecule has 0 aliphatic carbocycles. The number of nitrogens with zero attached hydrogens (tertiary/aromatic N) is 2. The minimum atomic E-state index is -0.155. The third-order valence-electron chi connectivity index (χ3n) is 3.89. The van der Waals surface area contributed by atoms with Crippen LogP contribution in [0.4, 0.5) is 11.5 Å². The molecule has 21 heavy (non-hydrogen) atoms. The van der Waals surface area contributed by atoms with E-state index in [-0.39, 0.29) is 17.9 Å². The second-order valence-electron chi connectivity index (χ2n) is 5.11. The standard InChI is InChI=1S/C15H24N4O2/c1-4-19(5-2)14-7-6-11(8-17-14)18-15(20)12-9-21-10-13(12)16-3/h6-8,12-13,16H,4-5,9-10H2,1-3H3,(H,18,20). The molecule has 2 N–H and O–H groups in total. The third-order valence-corrected chi connectivity index (χ3v) is 3.89. The summed E-state index contributed by atoms with van der Waals surface area (Å²) in [5.74, 6) is 0.747. The van der Waals surface area contributed by atoms with Gasteiger partial charge in [-0.1, -0.05) is 0 Å². The Morgan fingerprint density at radius 2 is 2.14 bits per heavy atom. The number of anilines is 2. The second kappa shape index (κ2) is 7.38. The van der Waals surface area contributed by atoms with Gasteiger partial charge in [0.1, 0.15) is 5.82 Å². The van der Waals surface area contributed by atoms with Crippen molar-refractivity contribution < 1.29 is 9.53 Å². The van der Waals surface area contributed by atoms with Crippen LogP contribution in [0, 0.1) is 5.92 Å². The van der Waals surface area contributed by atoms with E-state index in [0.29, 0.717) is 13.2 Å². The van der Waals surface area contributed by atoms with Crippen molar-refractivity contribution in [1.29, 1.82) is 0 Å². The van der Waals surface area contributed by atoms with Crippen molar-refractivity contribution in [2.24, 2.45) is 5.92 Å². The molecule has 1 aliphatic rings.